The van der Waals surface area contributed by atoms with Gasteiger partial charge in [0.15, 0.2) is 11.5 Å². The van der Waals surface area contributed by atoms with Gasteiger partial charge in [0, 0.05) is 43.0 Å². The molecule has 0 spiro atoms. The molecule has 0 unspecified atom stereocenters. The predicted octanol–water partition coefficient (Wildman–Crippen LogP) is 4.02. The maximum absolute atomic E-state index is 13.2. The topological polar surface area (TPSA) is 63.0 Å². The number of hydrogen-bond donors (Lipinski definition) is 0. The van der Waals surface area contributed by atoms with E-state index in [1.807, 2.05) is 70.1 Å². The molecular weight excluding hydrogens is 426 g/mol. The number of methoxy groups -OCH3 is 1. The van der Waals surface area contributed by atoms with Crippen molar-refractivity contribution < 1.29 is 9.53 Å². The van der Waals surface area contributed by atoms with E-state index in [9.17, 15) is 4.79 Å². The predicted molar refractivity (Wildman–Crippen MR) is 125 cm³/mol. The van der Waals surface area contributed by atoms with Crippen molar-refractivity contribution in [2.45, 2.75) is 0 Å². The summed E-state index contributed by atoms with van der Waals surface area (Å²) in [5, 5.41) is 9.18. The number of hydrogen-bond acceptors (Lipinski definition) is 5. The number of para-hydroxylation sites is 2. The Morgan fingerprint density at radius 1 is 0.938 bits per heavy atom. The molecule has 1 fully saturated rings. The number of rotatable bonds is 4. The highest BCUT2D eigenvalue weighted by molar-refractivity contribution is 6.30. The molecule has 32 heavy (non-hydrogen) atoms. The van der Waals surface area contributed by atoms with Crippen molar-refractivity contribution in [3.8, 4) is 17.1 Å². The lowest BCUT2D eigenvalue weighted by molar-refractivity contribution is 0.0746. The number of halogens is 1. The van der Waals surface area contributed by atoms with Gasteiger partial charge in [0.2, 0.25) is 0 Å². The molecule has 1 saturated heterocycles. The highest BCUT2D eigenvalue weighted by Gasteiger charge is 2.24. The summed E-state index contributed by atoms with van der Waals surface area (Å²) < 4.78 is 7.33. The summed E-state index contributed by atoms with van der Waals surface area (Å²) in [6.45, 7) is 2.77. The van der Waals surface area contributed by atoms with Crippen LogP contribution in [-0.4, -0.2) is 58.7 Å². The molecule has 1 amide bonds. The fourth-order valence-corrected chi connectivity index (χ4v) is 4.16. The van der Waals surface area contributed by atoms with Crippen LogP contribution in [0, 0.1) is 0 Å². The van der Waals surface area contributed by atoms with Crippen molar-refractivity contribution in [3.63, 3.8) is 0 Å². The van der Waals surface area contributed by atoms with E-state index in [0.717, 1.165) is 30.1 Å². The minimum atomic E-state index is 0.00216. The number of benzene rings is 2. The van der Waals surface area contributed by atoms with Gasteiger partial charge in [-0.15, -0.1) is 10.2 Å². The zero-order valence-corrected chi connectivity index (χ0v) is 18.4. The summed E-state index contributed by atoms with van der Waals surface area (Å²) in [7, 11) is 1.68. The van der Waals surface area contributed by atoms with Gasteiger partial charge in [-0.25, -0.2) is 0 Å². The second kappa shape index (κ2) is 8.51. The molecule has 7 nitrogen and oxygen atoms in total. The zero-order chi connectivity index (χ0) is 22.1. The first kappa shape index (κ1) is 20.3. The summed E-state index contributed by atoms with van der Waals surface area (Å²) in [5.41, 5.74) is 3.24. The third-order valence-corrected chi connectivity index (χ3v) is 6.00. The van der Waals surface area contributed by atoms with E-state index >= 15 is 0 Å². The van der Waals surface area contributed by atoms with Gasteiger partial charge in [-0.3, -0.25) is 9.20 Å². The van der Waals surface area contributed by atoms with Gasteiger partial charge >= 0.3 is 0 Å². The van der Waals surface area contributed by atoms with Crippen molar-refractivity contribution in [2.75, 3.05) is 38.2 Å². The number of carbonyl (C=O) groups is 1. The highest BCUT2D eigenvalue weighted by Crippen LogP contribution is 2.28. The molecule has 1 aliphatic rings. The Bertz CT molecular complexity index is 1260. The van der Waals surface area contributed by atoms with Crippen molar-refractivity contribution in [1.29, 1.82) is 0 Å². The summed E-state index contributed by atoms with van der Waals surface area (Å²) in [4.78, 5) is 17.4. The van der Waals surface area contributed by atoms with Crippen molar-refractivity contribution in [2.24, 2.45) is 0 Å². The lowest BCUT2D eigenvalue weighted by Crippen LogP contribution is -2.48. The second-order valence-electron chi connectivity index (χ2n) is 7.63. The molecular formula is C24H22ClN5O2. The first-order chi connectivity index (χ1) is 15.6. The van der Waals surface area contributed by atoms with Crippen LogP contribution >= 0.6 is 11.6 Å². The van der Waals surface area contributed by atoms with Gasteiger partial charge in [-0.05, 0) is 48.5 Å². The summed E-state index contributed by atoms with van der Waals surface area (Å²) >= 11 is 6.01. The van der Waals surface area contributed by atoms with Crippen LogP contribution in [0.4, 0.5) is 5.69 Å². The van der Waals surface area contributed by atoms with E-state index in [2.05, 4.69) is 21.2 Å². The number of anilines is 1. The molecule has 0 radical (unpaired) electrons. The lowest BCUT2D eigenvalue weighted by Gasteiger charge is -2.36. The van der Waals surface area contributed by atoms with Crippen LogP contribution in [0.25, 0.3) is 17.0 Å². The minimum Gasteiger partial charge on any atom is -0.495 e. The van der Waals surface area contributed by atoms with Crippen molar-refractivity contribution in [3.05, 3.63) is 77.4 Å². The Labute approximate surface area is 190 Å². The molecule has 162 valence electrons. The minimum absolute atomic E-state index is 0.00216. The Balaban J connectivity index is 1.35. The zero-order valence-electron chi connectivity index (χ0n) is 17.6. The number of aromatic nitrogens is 3. The number of carbonyl (C=O) groups excluding carboxylic acids is 1. The Kier molecular flexibility index (Phi) is 5.41. The summed E-state index contributed by atoms with van der Waals surface area (Å²) in [6.07, 6.45) is 1.81. The number of pyridine rings is 1. The van der Waals surface area contributed by atoms with Crippen LogP contribution in [-0.2, 0) is 0 Å². The molecule has 8 heteroatoms. The van der Waals surface area contributed by atoms with E-state index in [-0.39, 0.29) is 5.91 Å². The molecule has 0 aliphatic carbocycles. The van der Waals surface area contributed by atoms with Gasteiger partial charge in [0.05, 0.1) is 18.4 Å². The van der Waals surface area contributed by atoms with Gasteiger partial charge in [-0.1, -0.05) is 23.7 Å². The monoisotopic (exact) mass is 447 g/mol. The van der Waals surface area contributed by atoms with Crippen LogP contribution < -0.4 is 9.64 Å². The molecule has 0 N–H and O–H groups in total. The number of ether oxygens (including phenoxy) is 1. The van der Waals surface area contributed by atoms with Crippen LogP contribution in [0.2, 0.25) is 5.02 Å². The second-order valence-corrected chi connectivity index (χ2v) is 8.06. The average Bonchev–Trinajstić information content (AvgIpc) is 3.27. The van der Waals surface area contributed by atoms with Gasteiger partial charge in [0.25, 0.3) is 5.91 Å². The molecule has 5 rings (SSSR count). The van der Waals surface area contributed by atoms with Crippen LogP contribution in [0.1, 0.15) is 10.4 Å². The van der Waals surface area contributed by atoms with E-state index in [0.29, 0.717) is 35.1 Å². The quantitative estimate of drug-likeness (QED) is 0.473. The maximum atomic E-state index is 13.2. The Morgan fingerprint density at radius 2 is 1.69 bits per heavy atom. The Hall–Kier alpha value is -3.58. The van der Waals surface area contributed by atoms with E-state index < -0.39 is 0 Å². The molecule has 2 aromatic heterocycles. The number of nitrogens with zero attached hydrogens (tertiary/aromatic N) is 5. The largest absolute Gasteiger partial charge is 0.495 e. The number of piperazine rings is 1. The molecule has 0 saturated carbocycles. The van der Waals surface area contributed by atoms with E-state index in [4.69, 9.17) is 16.3 Å². The molecule has 0 bridgehead atoms. The fourth-order valence-electron chi connectivity index (χ4n) is 4.04. The third-order valence-electron chi connectivity index (χ3n) is 5.74. The maximum Gasteiger partial charge on any atom is 0.255 e. The van der Waals surface area contributed by atoms with Crippen molar-refractivity contribution in [1.82, 2.24) is 19.5 Å². The molecule has 3 heterocycles. The third kappa shape index (κ3) is 3.76. The standard InChI is InChI=1S/C24H22ClN5O2/c1-32-21-5-3-2-4-20(21)28-12-14-29(15-13-28)24(31)18-8-11-22-26-27-23(30(22)16-18)17-6-9-19(25)10-7-17/h2-11,16H,12-15H2,1H3. The first-order valence-corrected chi connectivity index (χ1v) is 10.8. The van der Waals surface area contributed by atoms with E-state index in [1.54, 1.807) is 7.11 Å². The summed E-state index contributed by atoms with van der Waals surface area (Å²) in [5.74, 6) is 1.52. The lowest BCUT2D eigenvalue weighted by atomic mass is 10.2. The highest BCUT2D eigenvalue weighted by atomic mass is 35.5. The number of amides is 1. The van der Waals surface area contributed by atoms with Gasteiger partial charge in [0.1, 0.15) is 5.75 Å². The average molecular weight is 448 g/mol. The van der Waals surface area contributed by atoms with Gasteiger partial charge in [-0.2, -0.15) is 0 Å². The van der Waals surface area contributed by atoms with Crippen LogP contribution in [0.15, 0.2) is 66.9 Å². The molecule has 0 atom stereocenters. The Morgan fingerprint density at radius 3 is 2.44 bits per heavy atom. The molecule has 1 aliphatic heterocycles. The smallest absolute Gasteiger partial charge is 0.255 e. The first-order valence-electron chi connectivity index (χ1n) is 10.4. The molecule has 2 aromatic carbocycles. The van der Waals surface area contributed by atoms with Crippen LogP contribution in [0.5, 0.6) is 5.75 Å². The SMILES string of the molecule is COc1ccccc1N1CCN(C(=O)c2ccc3nnc(-c4ccc(Cl)cc4)n3c2)CC1. The molecule has 4 aromatic rings. The number of fused-ring (bicyclic) bond motifs is 1. The van der Waals surface area contributed by atoms with Crippen molar-refractivity contribution >= 4 is 28.8 Å². The normalized spacial score (nSPS) is 14.1. The summed E-state index contributed by atoms with van der Waals surface area (Å²) in [6, 6.07) is 19.0. The van der Waals surface area contributed by atoms with E-state index in [1.165, 1.54) is 0 Å². The fraction of sp³-hybridized carbons (Fsp3) is 0.208. The van der Waals surface area contributed by atoms with Gasteiger partial charge < -0.3 is 14.5 Å². The van der Waals surface area contributed by atoms with Crippen LogP contribution in [0.3, 0.4) is 0 Å².